The third-order valence-electron chi connectivity index (χ3n) is 6.48. The van der Waals surface area contributed by atoms with Crippen molar-refractivity contribution in [1.82, 2.24) is 19.7 Å². The third kappa shape index (κ3) is 5.51. The van der Waals surface area contributed by atoms with E-state index in [0.29, 0.717) is 27.9 Å². The maximum absolute atomic E-state index is 13.3. The topological polar surface area (TPSA) is 96.6 Å². The smallest absolute Gasteiger partial charge is 0.259 e. The highest BCUT2D eigenvalue weighted by Gasteiger charge is 2.15. The van der Waals surface area contributed by atoms with Gasteiger partial charge in [-0.05, 0) is 60.2 Å². The molecule has 0 spiro atoms. The van der Waals surface area contributed by atoms with Crippen LogP contribution in [-0.4, -0.2) is 19.7 Å². The number of fused-ring (bicyclic) bond motifs is 1. The minimum atomic E-state index is -0.321. The lowest BCUT2D eigenvalue weighted by Crippen LogP contribution is -2.11. The Balaban J connectivity index is 1.41. The van der Waals surface area contributed by atoms with Crippen LogP contribution in [0.25, 0.3) is 39.5 Å². The van der Waals surface area contributed by atoms with E-state index >= 15 is 0 Å². The van der Waals surface area contributed by atoms with E-state index in [1.165, 1.54) is 12.1 Å². The molecule has 0 fully saturated rings. The molecular weight excluding hydrogens is 517 g/mol. The molecule has 0 bridgehead atoms. The summed E-state index contributed by atoms with van der Waals surface area (Å²) in [6.45, 7) is 0.272. The molecule has 2 heterocycles. The van der Waals surface area contributed by atoms with Crippen molar-refractivity contribution in [2.75, 3.05) is 0 Å². The van der Waals surface area contributed by atoms with Crippen LogP contribution < -0.4 is 10.3 Å². The van der Waals surface area contributed by atoms with Crippen molar-refractivity contribution >= 4 is 22.6 Å². The van der Waals surface area contributed by atoms with Gasteiger partial charge in [0.2, 0.25) is 0 Å². The van der Waals surface area contributed by atoms with Gasteiger partial charge in [-0.2, -0.15) is 10.4 Å². The van der Waals surface area contributed by atoms with Gasteiger partial charge in [-0.1, -0.05) is 54.6 Å². The van der Waals surface area contributed by atoms with Crippen LogP contribution in [0.4, 0.5) is 4.39 Å². The van der Waals surface area contributed by atoms with E-state index in [-0.39, 0.29) is 29.4 Å². The van der Waals surface area contributed by atoms with E-state index in [1.807, 2.05) is 60.8 Å². The zero-order valence-electron chi connectivity index (χ0n) is 21.7. The number of rotatable bonds is 7. The monoisotopic (exact) mass is 539 g/mol. The average Bonchev–Trinajstić information content (AvgIpc) is 3.44. The SMILES string of the molecule is N#C/C(=C\c1cn(-c2ccccc2)nc1-c1cccc(OCc2ccc(F)cc2)c1)c1nc2ccccc2c(=O)[nH]1. The number of hydrogen-bond acceptors (Lipinski definition) is 5. The van der Waals surface area contributed by atoms with Gasteiger partial charge in [-0.25, -0.2) is 14.1 Å². The number of benzene rings is 4. The van der Waals surface area contributed by atoms with E-state index in [2.05, 4.69) is 16.0 Å². The zero-order valence-corrected chi connectivity index (χ0v) is 21.7. The first-order valence-electron chi connectivity index (χ1n) is 12.8. The number of hydrogen-bond donors (Lipinski definition) is 1. The van der Waals surface area contributed by atoms with E-state index < -0.39 is 0 Å². The summed E-state index contributed by atoms with van der Waals surface area (Å²) in [5.41, 5.74) is 4.06. The van der Waals surface area contributed by atoms with Crippen LogP contribution in [-0.2, 0) is 6.61 Å². The summed E-state index contributed by atoms with van der Waals surface area (Å²) < 4.78 is 21.0. The second-order valence-electron chi connectivity index (χ2n) is 9.26. The van der Waals surface area contributed by atoms with Crippen LogP contribution in [0.15, 0.2) is 114 Å². The molecule has 0 saturated heterocycles. The quantitative estimate of drug-likeness (QED) is 0.232. The minimum absolute atomic E-state index is 0.172. The van der Waals surface area contributed by atoms with Crippen LogP contribution in [0, 0.1) is 17.1 Å². The summed E-state index contributed by atoms with van der Waals surface area (Å²) in [7, 11) is 0. The van der Waals surface area contributed by atoms with E-state index in [4.69, 9.17) is 9.84 Å². The third-order valence-corrected chi connectivity index (χ3v) is 6.48. The molecule has 0 unspecified atom stereocenters. The van der Waals surface area contributed by atoms with Gasteiger partial charge in [0.25, 0.3) is 5.56 Å². The van der Waals surface area contributed by atoms with Crippen LogP contribution in [0.3, 0.4) is 0 Å². The molecular formula is C33H22FN5O2. The number of aromatic amines is 1. The number of H-pyrrole nitrogens is 1. The van der Waals surface area contributed by atoms with E-state index in [1.54, 1.807) is 47.2 Å². The van der Waals surface area contributed by atoms with E-state index in [9.17, 15) is 14.4 Å². The Morgan fingerprint density at radius 2 is 1.76 bits per heavy atom. The standard InChI is InChI=1S/C33H22FN5O2/c34-26-15-13-22(14-16-26)21-41-28-10-6-7-23(18-28)31-25(20-39(38-31)27-8-2-1-3-9-27)17-24(19-35)32-36-30-12-5-4-11-29(30)33(40)37-32/h1-18,20H,21H2,(H,36,37,40)/b24-17+. The van der Waals surface area contributed by atoms with Gasteiger partial charge >= 0.3 is 0 Å². The molecule has 198 valence electrons. The molecule has 0 aliphatic heterocycles. The molecule has 2 aromatic heterocycles. The number of nitrogens with zero attached hydrogens (tertiary/aromatic N) is 4. The summed E-state index contributed by atoms with van der Waals surface area (Å²) in [6, 6.07) is 32.4. The highest BCUT2D eigenvalue weighted by Crippen LogP contribution is 2.30. The molecule has 0 amide bonds. The Morgan fingerprint density at radius 1 is 0.976 bits per heavy atom. The second-order valence-corrected chi connectivity index (χ2v) is 9.26. The Labute approximate surface area is 234 Å². The van der Waals surface area contributed by atoms with Crippen molar-refractivity contribution < 1.29 is 9.13 Å². The Bertz CT molecular complexity index is 1990. The molecule has 0 radical (unpaired) electrons. The number of aromatic nitrogens is 4. The van der Waals surface area contributed by atoms with Crippen molar-refractivity contribution in [3.8, 4) is 28.8 Å². The number of para-hydroxylation sites is 2. The molecule has 8 heteroatoms. The molecule has 1 N–H and O–H groups in total. The molecule has 0 saturated carbocycles. The second kappa shape index (κ2) is 11.1. The van der Waals surface area contributed by atoms with Gasteiger partial charge in [0.15, 0.2) is 5.82 Å². The van der Waals surface area contributed by atoms with Crippen LogP contribution in [0.2, 0.25) is 0 Å². The van der Waals surface area contributed by atoms with Crippen molar-refractivity contribution in [2.24, 2.45) is 0 Å². The number of nitrogens with one attached hydrogen (secondary N) is 1. The molecule has 0 atom stereocenters. The maximum Gasteiger partial charge on any atom is 0.259 e. The lowest BCUT2D eigenvalue weighted by Gasteiger charge is -2.08. The summed E-state index contributed by atoms with van der Waals surface area (Å²) in [5.74, 6) is 0.480. The number of nitriles is 1. The predicted molar refractivity (Wildman–Crippen MR) is 156 cm³/mol. The first-order valence-corrected chi connectivity index (χ1v) is 12.8. The number of halogens is 1. The van der Waals surface area contributed by atoms with Crippen LogP contribution in [0.5, 0.6) is 5.75 Å². The van der Waals surface area contributed by atoms with Crippen molar-refractivity contribution in [2.45, 2.75) is 6.61 Å². The fourth-order valence-corrected chi connectivity index (χ4v) is 4.43. The number of ether oxygens (including phenoxy) is 1. The first kappa shape index (κ1) is 25.5. The average molecular weight is 540 g/mol. The molecule has 41 heavy (non-hydrogen) atoms. The van der Waals surface area contributed by atoms with Crippen molar-refractivity contribution in [3.63, 3.8) is 0 Å². The van der Waals surface area contributed by atoms with Gasteiger partial charge in [0.1, 0.15) is 29.9 Å². The largest absolute Gasteiger partial charge is 0.489 e. The molecule has 4 aromatic carbocycles. The summed E-state index contributed by atoms with van der Waals surface area (Å²) in [6.07, 6.45) is 3.49. The van der Waals surface area contributed by atoms with Crippen molar-refractivity contribution in [3.05, 3.63) is 142 Å². The molecule has 6 aromatic rings. The lowest BCUT2D eigenvalue weighted by atomic mass is 10.1. The van der Waals surface area contributed by atoms with Crippen molar-refractivity contribution in [1.29, 1.82) is 5.26 Å². The maximum atomic E-state index is 13.3. The van der Waals surface area contributed by atoms with Crippen LogP contribution >= 0.6 is 0 Å². The first-order chi connectivity index (χ1) is 20.1. The molecule has 0 aliphatic rings. The Hall–Kier alpha value is -5.81. The van der Waals surface area contributed by atoms with Gasteiger partial charge in [-0.3, -0.25) is 4.79 Å². The van der Waals surface area contributed by atoms with Crippen LogP contribution in [0.1, 0.15) is 17.0 Å². The normalized spacial score (nSPS) is 11.4. The molecule has 6 rings (SSSR count). The zero-order chi connectivity index (χ0) is 28.2. The Morgan fingerprint density at radius 3 is 2.56 bits per heavy atom. The predicted octanol–water partition coefficient (Wildman–Crippen LogP) is 6.56. The molecule has 7 nitrogen and oxygen atoms in total. The minimum Gasteiger partial charge on any atom is -0.489 e. The highest BCUT2D eigenvalue weighted by molar-refractivity contribution is 5.91. The van der Waals surface area contributed by atoms with E-state index in [0.717, 1.165) is 16.8 Å². The lowest BCUT2D eigenvalue weighted by molar-refractivity contribution is 0.306. The van der Waals surface area contributed by atoms with Gasteiger partial charge < -0.3 is 9.72 Å². The van der Waals surface area contributed by atoms with Gasteiger partial charge in [-0.15, -0.1) is 0 Å². The summed E-state index contributed by atoms with van der Waals surface area (Å²) in [4.78, 5) is 19.9. The number of allylic oxidation sites excluding steroid dienone is 1. The molecule has 0 aliphatic carbocycles. The summed E-state index contributed by atoms with van der Waals surface area (Å²) in [5, 5.41) is 15.4. The fourth-order valence-electron chi connectivity index (χ4n) is 4.43. The van der Waals surface area contributed by atoms with Gasteiger partial charge in [0, 0.05) is 17.3 Å². The van der Waals surface area contributed by atoms with Gasteiger partial charge in [0.05, 0.1) is 22.2 Å². The summed E-state index contributed by atoms with van der Waals surface area (Å²) >= 11 is 0. The highest BCUT2D eigenvalue weighted by atomic mass is 19.1. The fraction of sp³-hybridized carbons (Fsp3) is 0.0303. The Kier molecular flexibility index (Phi) is 6.91.